The van der Waals surface area contributed by atoms with Crippen molar-refractivity contribution in [3.63, 3.8) is 0 Å². The molecule has 4 nitrogen and oxygen atoms in total. The number of hydrogen-bond acceptors (Lipinski definition) is 4. The van der Waals surface area contributed by atoms with Gasteiger partial charge in [0, 0.05) is 16.5 Å². The Labute approximate surface area is 139 Å². The van der Waals surface area contributed by atoms with E-state index in [2.05, 4.69) is 28.6 Å². The number of methoxy groups -OCH3 is 2. The van der Waals surface area contributed by atoms with Crippen LogP contribution in [0.1, 0.15) is 18.4 Å². The fraction of sp³-hybridized carbons (Fsp3) is 0.412. The first kappa shape index (κ1) is 17.1. The monoisotopic (exact) mass is 368 g/mol. The van der Waals surface area contributed by atoms with Gasteiger partial charge < -0.3 is 18.9 Å². The number of allylic oxidation sites excluding steroid dienone is 3. The summed E-state index contributed by atoms with van der Waals surface area (Å²) in [6, 6.07) is 3.78. The maximum Gasteiger partial charge on any atom is 0.196 e. The van der Waals surface area contributed by atoms with Crippen molar-refractivity contribution >= 4 is 15.9 Å². The number of benzene rings is 1. The van der Waals surface area contributed by atoms with E-state index in [-0.39, 0.29) is 0 Å². The van der Waals surface area contributed by atoms with E-state index < -0.39 is 5.79 Å². The predicted molar refractivity (Wildman–Crippen MR) is 89.4 cm³/mol. The quantitative estimate of drug-likeness (QED) is 0.676. The predicted octanol–water partition coefficient (Wildman–Crippen LogP) is 4.19. The van der Waals surface area contributed by atoms with E-state index in [1.165, 1.54) is 0 Å². The summed E-state index contributed by atoms with van der Waals surface area (Å²) >= 11 is 3.59. The summed E-state index contributed by atoms with van der Waals surface area (Å²) in [4.78, 5) is 0. The molecule has 22 heavy (non-hydrogen) atoms. The minimum atomic E-state index is -0.760. The van der Waals surface area contributed by atoms with Crippen molar-refractivity contribution in [1.82, 2.24) is 0 Å². The molecule has 120 valence electrons. The average Bonchev–Trinajstić information content (AvgIpc) is 3.01. The van der Waals surface area contributed by atoms with Gasteiger partial charge in [0.25, 0.3) is 0 Å². The molecule has 0 saturated carbocycles. The molecule has 2 rings (SSSR count). The molecule has 1 fully saturated rings. The first-order valence-corrected chi connectivity index (χ1v) is 7.93. The van der Waals surface area contributed by atoms with Gasteiger partial charge in [-0.25, -0.2) is 0 Å². The Bertz CT molecular complexity index is 548. The molecule has 1 heterocycles. The Morgan fingerprint density at radius 3 is 2.45 bits per heavy atom. The molecule has 0 aliphatic carbocycles. The van der Waals surface area contributed by atoms with Crippen LogP contribution in [-0.2, 0) is 15.3 Å². The largest absolute Gasteiger partial charge is 0.493 e. The maximum absolute atomic E-state index is 5.95. The lowest BCUT2D eigenvalue weighted by Crippen LogP contribution is -2.27. The van der Waals surface area contributed by atoms with E-state index >= 15 is 0 Å². The summed E-state index contributed by atoms with van der Waals surface area (Å²) in [5.74, 6) is 0.558. The topological polar surface area (TPSA) is 36.9 Å². The second kappa shape index (κ2) is 7.81. The highest BCUT2D eigenvalue weighted by atomic mass is 79.9. The van der Waals surface area contributed by atoms with Crippen molar-refractivity contribution in [3.05, 3.63) is 47.0 Å². The lowest BCUT2D eigenvalue weighted by Gasteiger charge is -2.29. The fourth-order valence-electron chi connectivity index (χ4n) is 2.50. The Hall–Kier alpha value is -1.30. The fourth-order valence-corrected chi connectivity index (χ4v) is 3.13. The molecule has 0 spiro atoms. The van der Waals surface area contributed by atoms with Gasteiger partial charge in [-0.2, -0.15) is 0 Å². The standard InChI is InChI=1S/C17H21BrO4/c1-4-5-6-7-8-17(21-9-10-22-17)13-11-15(19-2)16(20-3)12-14(13)18/h4-6,11-12H,1,7-10H2,2-3H3/b6-5+. The normalized spacial score (nSPS) is 16.9. The highest BCUT2D eigenvalue weighted by Crippen LogP contribution is 2.44. The van der Waals surface area contributed by atoms with Gasteiger partial charge >= 0.3 is 0 Å². The van der Waals surface area contributed by atoms with E-state index in [4.69, 9.17) is 18.9 Å². The third kappa shape index (κ3) is 3.54. The van der Waals surface area contributed by atoms with Crippen LogP contribution in [0.3, 0.4) is 0 Å². The maximum atomic E-state index is 5.95. The molecule has 0 amide bonds. The molecule has 0 aromatic heterocycles. The van der Waals surface area contributed by atoms with Gasteiger partial charge in [0.15, 0.2) is 17.3 Å². The van der Waals surface area contributed by atoms with Crippen molar-refractivity contribution in [2.45, 2.75) is 18.6 Å². The summed E-state index contributed by atoms with van der Waals surface area (Å²) in [6.07, 6.45) is 7.27. The van der Waals surface area contributed by atoms with Crippen LogP contribution in [0.4, 0.5) is 0 Å². The van der Waals surface area contributed by atoms with Crippen molar-refractivity contribution < 1.29 is 18.9 Å². The highest BCUT2D eigenvalue weighted by Gasteiger charge is 2.40. The molecule has 5 heteroatoms. The van der Waals surface area contributed by atoms with Crippen LogP contribution in [0.5, 0.6) is 11.5 Å². The summed E-state index contributed by atoms with van der Waals surface area (Å²) in [7, 11) is 3.23. The Morgan fingerprint density at radius 1 is 1.23 bits per heavy atom. The number of halogens is 1. The van der Waals surface area contributed by atoms with E-state index in [0.717, 1.165) is 16.5 Å². The van der Waals surface area contributed by atoms with Crippen LogP contribution >= 0.6 is 15.9 Å². The molecule has 1 saturated heterocycles. The Morgan fingerprint density at radius 2 is 1.86 bits per heavy atom. The van der Waals surface area contributed by atoms with E-state index in [1.54, 1.807) is 20.3 Å². The molecule has 1 aromatic rings. The Kier molecular flexibility index (Phi) is 6.06. The molecule has 0 unspecified atom stereocenters. The number of rotatable bonds is 7. The molecule has 1 aliphatic rings. The third-order valence-electron chi connectivity index (χ3n) is 3.55. The molecule has 0 radical (unpaired) electrons. The van der Waals surface area contributed by atoms with Crippen LogP contribution in [0.2, 0.25) is 0 Å². The van der Waals surface area contributed by atoms with Gasteiger partial charge in [0.2, 0.25) is 0 Å². The molecular weight excluding hydrogens is 348 g/mol. The van der Waals surface area contributed by atoms with Crippen molar-refractivity contribution in [2.75, 3.05) is 27.4 Å². The smallest absolute Gasteiger partial charge is 0.196 e. The van der Waals surface area contributed by atoms with Crippen molar-refractivity contribution in [2.24, 2.45) is 0 Å². The molecule has 1 aromatic carbocycles. The van der Waals surface area contributed by atoms with Crippen LogP contribution < -0.4 is 9.47 Å². The highest BCUT2D eigenvalue weighted by molar-refractivity contribution is 9.10. The minimum absolute atomic E-state index is 0.575. The summed E-state index contributed by atoms with van der Waals surface area (Å²) in [6.45, 7) is 4.82. The first-order chi connectivity index (χ1) is 10.7. The Balaban J connectivity index is 2.35. The van der Waals surface area contributed by atoms with Gasteiger partial charge in [0.1, 0.15) is 0 Å². The zero-order chi connectivity index (χ0) is 16.0. The summed E-state index contributed by atoms with van der Waals surface area (Å²) < 4.78 is 23.5. The second-order valence-corrected chi connectivity index (χ2v) is 5.69. The summed E-state index contributed by atoms with van der Waals surface area (Å²) in [5, 5.41) is 0. The third-order valence-corrected chi connectivity index (χ3v) is 4.21. The molecule has 0 N–H and O–H groups in total. The molecule has 1 aliphatic heterocycles. The van der Waals surface area contributed by atoms with E-state index in [9.17, 15) is 0 Å². The SMILES string of the molecule is C=C/C=C/CCC1(c2cc(OC)c(OC)cc2Br)OCCO1. The molecule has 0 bridgehead atoms. The average molecular weight is 369 g/mol. The van der Waals surface area contributed by atoms with Gasteiger partial charge in [-0.05, 0) is 18.6 Å². The van der Waals surface area contributed by atoms with Crippen LogP contribution in [-0.4, -0.2) is 27.4 Å². The van der Waals surface area contributed by atoms with Crippen LogP contribution in [0, 0.1) is 0 Å². The van der Waals surface area contributed by atoms with Gasteiger partial charge in [0.05, 0.1) is 27.4 Å². The van der Waals surface area contributed by atoms with Crippen LogP contribution in [0.25, 0.3) is 0 Å². The lowest BCUT2D eigenvalue weighted by atomic mass is 9.99. The molecule has 0 atom stereocenters. The van der Waals surface area contributed by atoms with Gasteiger partial charge in [-0.1, -0.05) is 40.7 Å². The lowest BCUT2D eigenvalue weighted by molar-refractivity contribution is -0.170. The van der Waals surface area contributed by atoms with Gasteiger partial charge in [-0.15, -0.1) is 0 Å². The number of hydrogen-bond donors (Lipinski definition) is 0. The van der Waals surface area contributed by atoms with E-state index in [0.29, 0.717) is 31.1 Å². The molecular formula is C17H21BrO4. The van der Waals surface area contributed by atoms with E-state index in [1.807, 2.05) is 18.2 Å². The van der Waals surface area contributed by atoms with Crippen molar-refractivity contribution in [1.29, 1.82) is 0 Å². The minimum Gasteiger partial charge on any atom is -0.493 e. The van der Waals surface area contributed by atoms with Crippen LogP contribution in [0.15, 0.2) is 41.4 Å². The first-order valence-electron chi connectivity index (χ1n) is 7.14. The van der Waals surface area contributed by atoms with Gasteiger partial charge in [-0.3, -0.25) is 0 Å². The second-order valence-electron chi connectivity index (χ2n) is 4.84. The number of ether oxygens (including phenoxy) is 4. The zero-order valence-corrected chi connectivity index (χ0v) is 14.5. The van der Waals surface area contributed by atoms with Crippen molar-refractivity contribution in [3.8, 4) is 11.5 Å². The zero-order valence-electron chi connectivity index (χ0n) is 12.9. The summed E-state index contributed by atoms with van der Waals surface area (Å²) in [5.41, 5.74) is 0.912.